The summed E-state index contributed by atoms with van der Waals surface area (Å²) in [7, 11) is 0. The lowest BCUT2D eigenvalue weighted by Gasteiger charge is -2.11. The Bertz CT molecular complexity index is 1170. The second-order valence-electron chi connectivity index (χ2n) is 6.54. The first-order valence-electron chi connectivity index (χ1n) is 8.87. The second kappa shape index (κ2) is 7.63. The number of carbonyl (C=O) groups excluding carboxylic acids is 3. The minimum absolute atomic E-state index is 0.00802. The molecule has 1 aliphatic rings. The summed E-state index contributed by atoms with van der Waals surface area (Å²) in [6, 6.07) is 13.2. The molecule has 0 unspecified atom stereocenters. The van der Waals surface area contributed by atoms with Crippen LogP contribution < -0.4 is 0 Å². The highest BCUT2D eigenvalue weighted by molar-refractivity contribution is 6.21. The van der Waals surface area contributed by atoms with Gasteiger partial charge in [0.15, 0.2) is 0 Å². The molecule has 2 amide bonds. The van der Waals surface area contributed by atoms with Crippen LogP contribution in [0.15, 0.2) is 65.3 Å². The van der Waals surface area contributed by atoms with Crippen LogP contribution in [0, 0.1) is 10.1 Å². The van der Waals surface area contributed by atoms with Crippen LogP contribution in [0.2, 0.25) is 0 Å². The number of rotatable bonds is 6. The Kier molecular flexibility index (Phi) is 4.85. The maximum atomic E-state index is 12.6. The highest BCUT2D eigenvalue weighted by Gasteiger charge is 2.36. The van der Waals surface area contributed by atoms with Gasteiger partial charge in [0.05, 0.1) is 34.4 Å². The molecule has 30 heavy (non-hydrogen) atoms. The van der Waals surface area contributed by atoms with Crippen molar-refractivity contribution in [1.82, 2.24) is 4.90 Å². The van der Waals surface area contributed by atoms with Crippen molar-refractivity contribution in [3.63, 3.8) is 0 Å². The minimum atomic E-state index is -0.714. The first-order valence-corrected chi connectivity index (χ1v) is 8.87. The van der Waals surface area contributed by atoms with Crippen LogP contribution >= 0.6 is 0 Å². The molecule has 3 aromatic rings. The molecule has 2 aromatic carbocycles. The third-order valence-corrected chi connectivity index (χ3v) is 4.59. The first kappa shape index (κ1) is 19.1. The Balaban J connectivity index is 1.48. The maximum absolute atomic E-state index is 12.6. The highest BCUT2D eigenvalue weighted by atomic mass is 16.6. The quantitative estimate of drug-likeness (QED) is 0.266. The molecule has 150 valence electrons. The number of hydrogen-bond donors (Lipinski definition) is 0. The number of furan rings is 1. The Morgan fingerprint density at radius 1 is 1.03 bits per heavy atom. The molecule has 1 aliphatic heterocycles. The van der Waals surface area contributed by atoms with Crippen LogP contribution in [-0.4, -0.2) is 27.6 Å². The lowest BCUT2D eigenvalue weighted by Crippen LogP contribution is -2.28. The topological polar surface area (TPSA) is 120 Å². The second-order valence-corrected chi connectivity index (χ2v) is 6.54. The molecule has 0 N–H and O–H groups in total. The molecular weight excluding hydrogens is 392 g/mol. The first-order chi connectivity index (χ1) is 14.4. The predicted molar refractivity (Wildman–Crippen MR) is 102 cm³/mol. The van der Waals surface area contributed by atoms with Crippen LogP contribution in [0.25, 0.3) is 0 Å². The number of amides is 2. The molecule has 0 saturated heterocycles. The minimum Gasteiger partial charge on any atom is -0.467 e. The molecule has 0 bridgehead atoms. The third-order valence-electron chi connectivity index (χ3n) is 4.59. The van der Waals surface area contributed by atoms with E-state index in [-0.39, 0.29) is 35.5 Å². The molecule has 2 heterocycles. The molecule has 0 saturated carbocycles. The molecule has 0 fully saturated rings. The van der Waals surface area contributed by atoms with E-state index in [0.29, 0.717) is 11.3 Å². The number of fused-ring (bicyclic) bond motifs is 1. The number of carbonyl (C=O) groups is 3. The summed E-state index contributed by atoms with van der Waals surface area (Å²) in [4.78, 5) is 48.9. The van der Waals surface area contributed by atoms with Crippen LogP contribution in [-0.2, 0) is 17.9 Å². The molecule has 9 nitrogen and oxygen atoms in total. The van der Waals surface area contributed by atoms with Crippen molar-refractivity contribution in [1.29, 1.82) is 0 Å². The Labute approximate surface area is 169 Å². The lowest BCUT2D eigenvalue weighted by atomic mass is 10.1. The van der Waals surface area contributed by atoms with E-state index in [1.54, 1.807) is 18.2 Å². The van der Waals surface area contributed by atoms with E-state index in [1.807, 2.05) is 0 Å². The van der Waals surface area contributed by atoms with Gasteiger partial charge in [0.1, 0.15) is 12.4 Å². The zero-order chi connectivity index (χ0) is 21.3. The largest absolute Gasteiger partial charge is 0.467 e. The number of imide groups is 1. The lowest BCUT2D eigenvalue weighted by molar-refractivity contribution is -0.384. The summed E-state index contributed by atoms with van der Waals surface area (Å²) in [5.74, 6) is -1.25. The molecule has 9 heteroatoms. The van der Waals surface area contributed by atoms with Crippen molar-refractivity contribution in [2.45, 2.75) is 13.2 Å². The van der Waals surface area contributed by atoms with Crippen LogP contribution in [0.5, 0.6) is 0 Å². The van der Waals surface area contributed by atoms with E-state index in [2.05, 4.69) is 0 Å². The zero-order valence-corrected chi connectivity index (χ0v) is 15.4. The summed E-state index contributed by atoms with van der Waals surface area (Å²) in [5.41, 5.74) is 0.745. The van der Waals surface area contributed by atoms with Gasteiger partial charge in [-0.1, -0.05) is 12.1 Å². The Hall–Kier alpha value is -4.27. The summed E-state index contributed by atoms with van der Waals surface area (Å²) >= 11 is 0. The van der Waals surface area contributed by atoms with E-state index >= 15 is 0 Å². The number of benzene rings is 2. The van der Waals surface area contributed by atoms with E-state index < -0.39 is 22.7 Å². The highest BCUT2D eigenvalue weighted by Crippen LogP contribution is 2.26. The third kappa shape index (κ3) is 3.55. The van der Waals surface area contributed by atoms with Gasteiger partial charge >= 0.3 is 5.97 Å². The van der Waals surface area contributed by atoms with Crippen LogP contribution in [0.1, 0.15) is 42.4 Å². The van der Waals surface area contributed by atoms with Crippen molar-refractivity contribution in [2.75, 3.05) is 0 Å². The van der Waals surface area contributed by atoms with Gasteiger partial charge in [0.25, 0.3) is 17.5 Å². The van der Waals surface area contributed by atoms with Gasteiger partial charge < -0.3 is 9.15 Å². The molecule has 0 atom stereocenters. The van der Waals surface area contributed by atoms with Gasteiger partial charge in [0.2, 0.25) is 0 Å². The molecule has 4 rings (SSSR count). The average molecular weight is 406 g/mol. The Morgan fingerprint density at radius 3 is 2.57 bits per heavy atom. The van der Waals surface area contributed by atoms with E-state index in [4.69, 9.17) is 9.15 Å². The molecule has 0 aliphatic carbocycles. The number of non-ortho nitro benzene ring substituents is 1. The van der Waals surface area contributed by atoms with Gasteiger partial charge in [-0.15, -0.1) is 0 Å². The normalized spacial score (nSPS) is 12.7. The van der Waals surface area contributed by atoms with Gasteiger partial charge in [-0.2, -0.15) is 0 Å². The SMILES string of the molecule is O=C(OCc1cccc([N+](=O)[O-])c1)c1ccc2c(c1)C(=O)N(Cc1ccco1)C2=O. The fourth-order valence-corrected chi connectivity index (χ4v) is 3.11. The average Bonchev–Trinajstić information content (AvgIpc) is 3.35. The van der Waals surface area contributed by atoms with Crippen molar-refractivity contribution in [2.24, 2.45) is 0 Å². The number of ether oxygens (including phenoxy) is 1. The molecule has 1 aromatic heterocycles. The number of nitro benzene ring substituents is 1. The smallest absolute Gasteiger partial charge is 0.338 e. The number of nitrogens with zero attached hydrogens (tertiary/aromatic N) is 2. The van der Waals surface area contributed by atoms with Gasteiger partial charge in [-0.25, -0.2) is 4.79 Å². The van der Waals surface area contributed by atoms with Crippen molar-refractivity contribution in [3.8, 4) is 0 Å². The Morgan fingerprint density at radius 2 is 1.83 bits per heavy atom. The molecular formula is C21H14N2O7. The van der Waals surface area contributed by atoms with Crippen molar-refractivity contribution >= 4 is 23.5 Å². The standard InChI is InChI=1S/C21H14N2O7/c24-19-17-7-6-14(10-18(17)20(25)22(19)11-16-5-2-8-29-16)21(26)30-12-13-3-1-4-15(9-13)23(27)28/h1-10H,11-12H2. The van der Waals surface area contributed by atoms with Gasteiger partial charge in [0, 0.05) is 12.1 Å². The summed E-state index contributed by atoms with van der Waals surface area (Å²) in [6.07, 6.45) is 1.45. The summed E-state index contributed by atoms with van der Waals surface area (Å²) in [5, 5.41) is 10.8. The van der Waals surface area contributed by atoms with E-state index in [0.717, 1.165) is 4.90 Å². The van der Waals surface area contributed by atoms with Gasteiger partial charge in [-0.3, -0.25) is 24.6 Å². The zero-order valence-electron chi connectivity index (χ0n) is 15.4. The van der Waals surface area contributed by atoms with Crippen LogP contribution in [0.4, 0.5) is 5.69 Å². The summed E-state index contributed by atoms with van der Waals surface area (Å²) in [6.45, 7) is -0.180. The fraction of sp³-hybridized carbons (Fsp3) is 0.0952. The van der Waals surface area contributed by atoms with E-state index in [9.17, 15) is 24.5 Å². The number of nitro groups is 1. The fourth-order valence-electron chi connectivity index (χ4n) is 3.11. The van der Waals surface area contributed by atoms with E-state index in [1.165, 1.54) is 42.7 Å². The van der Waals surface area contributed by atoms with Crippen molar-refractivity contribution < 1.29 is 28.5 Å². The summed E-state index contributed by atoms with van der Waals surface area (Å²) < 4.78 is 10.4. The monoisotopic (exact) mass is 406 g/mol. The van der Waals surface area contributed by atoms with Gasteiger partial charge in [-0.05, 0) is 35.9 Å². The number of esters is 1. The molecule has 0 spiro atoms. The molecule has 0 radical (unpaired) electrons. The maximum Gasteiger partial charge on any atom is 0.338 e. The van der Waals surface area contributed by atoms with Crippen molar-refractivity contribution in [3.05, 3.63) is 99.0 Å². The predicted octanol–water partition coefficient (Wildman–Crippen LogP) is 3.34. The van der Waals surface area contributed by atoms with Crippen LogP contribution in [0.3, 0.4) is 0 Å². The number of hydrogen-bond acceptors (Lipinski definition) is 7.